The summed E-state index contributed by atoms with van der Waals surface area (Å²) >= 11 is 0. The fraction of sp³-hybridized carbons (Fsp3) is 0.188. The van der Waals surface area contributed by atoms with Crippen molar-refractivity contribution in [2.24, 2.45) is 0 Å². The van der Waals surface area contributed by atoms with Crippen molar-refractivity contribution in [3.8, 4) is 11.1 Å². The molecule has 0 aliphatic heterocycles. The van der Waals surface area contributed by atoms with Crippen molar-refractivity contribution in [3.05, 3.63) is 53.3 Å². The zero-order chi connectivity index (χ0) is 14.1. The maximum Gasteiger partial charge on any atom is 0.411 e. The fourth-order valence-electron chi connectivity index (χ4n) is 2.54. The molecule has 0 spiro atoms. The van der Waals surface area contributed by atoms with E-state index in [1.54, 1.807) is 19.1 Å². The van der Waals surface area contributed by atoms with Crippen LogP contribution in [0.5, 0.6) is 0 Å². The fourth-order valence-corrected chi connectivity index (χ4v) is 2.54. The van der Waals surface area contributed by atoms with Crippen LogP contribution >= 0.6 is 0 Å². The molecule has 0 atom stereocenters. The highest BCUT2D eigenvalue weighted by Crippen LogP contribution is 2.38. The maximum atomic E-state index is 13.2. The Kier molecular flexibility index (Phi) is 3.14. The van der Waals surface area contributed by atoms with Gasteiger partial charge in [-0.05, 0) is 59.9 Å². The molecule has 20 heavy (non-hydrogen) atoms. The average molecular weight is 271 g/mol. The third-order valence-corrected chi connectivity index (χ3v) is 3.37. The third kappa shape index (κ3) is 2.25. The van der Waals surface area contributed by atoms with Gasteiger partial charge in [0.15, 0.2) is 0 Å². The molecule has 2 aromatic rings. The molecule has 1 aliphatic rings. The monoisotopic (exact) mass is 271 g/mol. The topological polar surface area (TPSA) is 38.3 Å². The Labute approximate surface area is 116 Å². The van der Waals surface area contributed by atoms with E-state index in [1.807, 2.05) is 18.2 Å². The minimum Gasteiger partial charge on any atom is -0.450 e. The number of carbonyl (C=O) groups is 1. The molecular formula is C16H14FNO2. The molecule has 0 unspecified atom stereocenters. The summed E-state index contributed by atoms with van der Waals surface area (Å²) in [5.41, 5.74) is 4.90. The van der Waals surface area contributed by atoms with E-state index in [2.05, 4.69) is 5.32 Å². The molecule has 2 aromatic carbocycles. The van der Waals surface area contributed by atoms with Gasteiger partial charge in [0.05, 0.1) is 6.61 Å². The zero-order valence-corrected chi connectivity index (χ0v) is 11.1. The number of hydrogen-bond acceptors (Lipinski definition) is 2. The molecule has 1 aliphatic carbocycles. The van der Waals surface area contributed by atoms with E-state index >= 15 is 0 Å². The van der Waals surface area contributed by atoms with Crippen LogP contribution in [0.25, 0.3) is 11.1 Å². The number of fused-ring (bicyclic) bond motifs is 3. The summed E-state index contributed by atoms with van der Waals surface area (Å²) in [6, 6.07) is 10.5. The van der Waals surface area contributed by atoms with Crippen LogP contribution in [-0.4, -0.2) is 12.7 Å². The Balaban J connectivity index is 1.88. The highest BCUT2D eigenvalue weighted by atomic mass is 19.1. The molecule has 0 heterocycles. The van der Waals surface area contributed by atoms with Crippen LogP contribution in [0.4, 0.5) is 14.9 Å². The largest absolute Gasteiger partial charge is 0.450 e. The van der Waals surface area contributed by atoms with E-state index < -0.39 is 6.09 Å². The van der Waals surface area contributed by atoms with Crippen LogP contribution in [0, 0.1) is 5.82 Å². The summed E-state index contributed by atoms with van der Waals surface area (Å²) in [7, 11) is 0. The highest BCUT2D eigenvalue weighted by Gasteiger charge is 2.19. The highest BCUT2D eigenvalue weighted by molar-refractivity contribution is 5.86. The quantitative estimate of drug-likeness (QED) is 0.766. The van der Waals surface area contributed by atoms with E-state index in [4.69, 9.17) is 4.74 Å². The summed E-state index contributed by atoms with van der Waals surface area (Å²) in [4.78, 5) is 11.4. The molecule has 3 nitrogen and oxygen atoms in total. The molecule has 0 saturated heterocycles. The van der Waals surface area contributed by atoms with Gasteiger partial charge in [-0.2, -0.15) is 0 Å². The lowest BCUT2D eigenvalue weighted by molar-refractivity contribution is 0.168. The molecule has 1 N–H and O–H groups in total. The van der Waals surface area contributed by atoms with Gasteiger partial charge in [0.1, 0.15) is 5.82 Å². The number of halogens is 1. The van der Waals surface area contributed by atoms with Crippen LogP contribution in [0.2, 0.25) is 0 Å². The van der Waals surface area contributed by atoms with Crippen molar-refractivity contribution in [2.75, 3.05) is 11.9 Å². The van der Waals surface area contributed by atoms with Gasteiger partial charge in [-0.25, -0.2) is 9.18 Å². The van der Waals surface area contributed by atoms with Gasteiger partial charge in [-0.1, -0.05) is 12.1 Å². The Morgan fingerprint density at radius 1 is 1.20 bits per heavy atom. The first-order valence-corrected chi connectivity index (χ1v) is 6.53. The second kappa shape index (κ2) is 4.96. The number of hydrogen-bond donors (Lipinski definition) is 1. The van der Waals surface area contributed by atoms with Crippen LogP contribution < -0.4 is 5.32 Å². The van der Waals surface area contributed by atoms with Gasteiger partial charge in [0.2, 0.25) is 0 Å². The number of anilines is 1. The van der Waals surface area contributed by atoms with Crippen molar-refractivity contribution in [3.63, 3.8) is 0 Å². The Hall–Kier alpha value is -2.36. The molecule has 1 amide bonds. The normalized spacial score (nSPS) is 11.7. The molecule has 0 fully saturated rings. The van der Waals surface area contributed by atoms with Crippen molar-refractivity contribution >= 4 is 11.8 Å². The molecule has 3 rings (SSSR count). The Morgan fingerprint density at radius 3 is 2.65 bits per heavy atom. The van der Waals surface area contributed by atoms with Gasteiger partial charge in [0, 0.05) is 5.69 Å². The third-order valence-electron chi connectivity index (χ3n) is 3.37. The lowest BCUT2D eigenvalue weighted by Crippen LogP contribution is -2.13. The molecular weight excluding hydrogens is 257 g/mol. The summed E-state index contributed by atoms with van der Waals surface area (Å²) in [6.45, 7) is 2.09. The molecule has 102 valence electrons. The standard InChI is InChI=1S/C16H14FNO2/c1-2-20-16(19)18-13-4-6-15-11(9-13)7-10-8-12(17)3-5-14(10)15/h3-6,8-9H,2,7H2,1H3,(H,18,19). The van der Waals surface area contributed by atoms with Gasteiger partial charge in [-0.3, -0.25) is 5.32 Å². The van der Waals surface area contributed by atoms with Crippen molar-refractivity contribution in [1.29, 1.82) is 0 Å². The Bertz CT molecular complexity index is 682. The van der Waals surface area contributed by atoms with Crippen LogP contribution in [0.3, 0.4) is 0 Å². The predicted octanol–water partition coefficient (Wildman–Crippen LogP) is 3.97. The average Bonchev–Trinajstić information content (AvgIpc) is 2.75. The van der Waals surface area contributed by atoms with Gasteiger partial charge in [0.25, 0.3) is 0 Å². The molecule has 0 radical (unpaired) electrons. The molecule has 0 bridgehead atoms. The van der Waals surface area contributed by atoms with Crippen molar-refractivity contribution < 1.29 is 13.9 Å². The summed E-state index contributed by atoms with van der Waals surface area (Å²) < 4.78 is 18.1. The van der Waals surface area contributed by atoms with Gasteiger partial charge >= 0.3 is 6.09 Å². The van der Waals surface area contributed by atoms with E-state index in [1.165, 1.54) is 6.07 Å². The maximum absolute atomic E-state index is 13.2. The minimum absolute atomic E-state index is 0.221. The lowest BCUT2D eigenvalue weighted by Gasteiger charge is -2.07. The zero-order valence-electron chi connectivity index (χ0n) is 11.1. The second-order valence-electron chi connectivity index (χ2n) is 4.70. The minimum atomic E-state index is -0.464. The summed E-state index contributed by atoms with van der Waals surface area (Å²) in [6.07, 6.45) is 0.217. The number of benzene rings is 2. The van der Waals surface area contributed by atoms with E-state index in [9.17, 15) is 9.18 Å². The molecule has 0 aromatic heterocycles. The Morgan fingerprint density at radius 2 is 1.90 bits per heavy atom. The van der Waals surface area contributed by atoms with Gasteiger partial charge < -0.3 is 4.74 Å². The second-order valence-corrected chi connectivity index (χ2v) is 4.70. The number of carbonyl (C=O) groups excluding carboxylic acids is 1. The summed E-state index contributed by atoms with van der Waals surface area (Å²) in [5, 5.41) is 2.68. The predicted molar refractivity (Wildman–Crippen MR) is 75.3 cm³/mol. The first-order chi connectivity index (χ1) is 9.67. The number of nitrogens with one attached hydrogen (secondary N) is 1. The molecule has 0 saturated carbocycles. The first-order valence-electron chi connectivity index (χ1n) is 6.53. The number of rotatable bonds is 2. The van der Waals surface area contributed by atoms with Crippen LogP contribution in [0.15, 0.2) is 36.4 Å². The van der Waals surface area contributed by atoms with Crippen LogP contribution in [0.1, 0.15) is 18.1 Å². The van der Waals surface area contributed by atoms with E-state index in [-0.39, 0.29) is 5.82 Å². The van der Waals surface area contributed by atoms with Crippen molar-refractivity contribution in [2.45, 2.75) is 13.3 Å². The van der Waals surface area contributed by atoms with Gasteiger partial charge in [-0.15, -0.1) is 0 Å². The summed E-state index contributed by atoms with van der Waals surface area (Å²) in [5.74, 6) is -0.221. The number of ether oxygens (including phenoxy) is 1. The smallest absolute Gasteiger partial charge is 0.411 e. The van der Waals surface area contributed by atoms with E-state index in [0.717, 1.165) is 22.3 Å². The lowest BCUT2D eigenvalue weighted by atomic mass is 10.1. The molecule has 4 heteroatoms. The van der Waals surface area contributed by atoms with E-state index in [0.29, 0.717) is 18.7 Å². The van der Waals surface area contributed by atoms with Crippen molar-refractivity contribution in [1.82, 2.24) is 0 Å². The SMILES string of the molecule is CCOC(=O)Nc1ccc2c(c1)Cc1cc(F)ccc1-2. The first kappa shape index (κ1) is 12.7. The van der Waals surface area contributed by atoms with Crippen LogP contribution in [-0.2, 0) is 11.2 Å². The number of amides is 1.